The van der Waals surface area contributed by atoms with Crippen LogP contribution in [0.4, 0.5) is 0 Å². The van der Waals surface area contributed by atoms with Crippen LogP contribution in [0.15, 0.2) is 0 Å². The Morgan fingerprint density at radius 3 is 1.82 bits per heavy atom. The zero-order valence-corrected chi connectivity index (χ0v) is 14.6. The fraction of sp³-hybridized carbons (Fsp3) is 0.900. The maximum Gasteiger partial charge on any atom is 0.306 e. The first kappa shape index (κ1) is 19.5. The predicted molar refractivity (Wildman–Crippen MR) is 93.7 cm³/mol. The van der Waals surface area contributed by atoms with Gasteiger partial charge in [0, 0.05) is 6.42 Å². The third-order valence-corrected chi connectivity index (χ3v) is 4.73. The van der Waals surface area contributed by atoms with Gasteiger partial charge < -0.3 is 4.74 Å². The van der Waals surface area contributed by atoms with Crippen molar-refractivity contribution in [1.29, 1.82) is 0 Å². The molecular weight excluding hydrogens is 272 g/mol. The smallest absolute Gasteiger partial charge is 0.306 e. The highest BCUT2D eigenvalue weighted by atomic mass is 16.5. The average molecular weight is 310 g/mol. The highest BCUT2D eigenvalue weighted by Crippen LogP contribution is 2.20. The first-order valence-corrected chi connectivity index (χ1v) is 9.81. The quantitative estimate of drug-likeness (QED) is 0.237. The van der Waals surface area contributed by atoms with Crippen LogP contribution in [0, 0.1) is 6.92 Å². The molecule has 0 spiro atoms. The molecule has 1 aliphatic rings. The van der Waals surface area contributed by atoms with E-state index in [4.69, 9.17) is 4.74 Å². The summed E-state index contributed by atoms with van der Waals surface area (Å²) in [5.74, 6) is 0.0417. The summed E-state index contributed by atoms with van der Waals surface area (Å²) in [7, 11) is 0. The molecule has 1 saturated carbocycles. The van der Waals surface area contributed by atoms with Crippen molar-refractivity contribution >= 4 is 5.97 Å². The van der Waals surface area contributed by atoms with Crippen LogP contribution in [-0.2, 0) is 9.53 Å². The molecule has 0 unspecified atom stereocenters. The van der Waals surface area contributed by atoms with Gasteiger partial charge in [-0.1, -0.05) is 77.6 Å². The van der Waals surface area contributed by atoms with Crippen molar-refractivity contribution in [1.82, 2.24) is 0 Å². The van der Waals surface area contributed by atoms with Crippen LogP contribution in [0.25, 0.3) is 0 Å². The lowest BCUT2D eigenvalue weighted by molar-refractivity contribution is -0.149. The van der Waals surface area contributed by atoms with Crippen LogP contribution in [0.1, 0.15) is 109 Å². The lowest BCUT2D eigenvalue weighted by Gasteiger charge is -2.15. The van der Waals surface area contributed by atoms with Gasteiger partial charge in [-0.3, -0.25) is 4.79 Å². The van der Waals surface area contributed by atoms with Gasteiger partial charge in [-0.2, -0.15) is 0 Å². The lowest BCUT2D eigenvalue weighted by atomic mass is 10.1. The number of ether oxygens (including phenoxy) is 1. The van der Waals surface area contributed by atoms with Crippen molar-refractivity contribution in [3.8, 4) is 0 Å². The van der Waals surface area contributed by atoms with Crippen molar-refractivity contribution in [3.63, 3.8) is 0 Å². The molecule has 0 aromatic carbocycles. The molecule has 0 atom stereocenters. The molecule has 0 aromatic rings. The largest absolute Gasteiger partial charge is 0.462 e. The van der Waals surface area contributed by atoms with Crippen LogP contribution >= 0.6 is 0 Å². The number of carbonyl (C=O) groups is 1. The van der Waals surface area contributed by atoms with Crippen LogP contribution in [0.5, 0.6) is 0 Å². The predicted octanol–water partition coefficient (Wildman–Crippen LogP) is 6.38. The molecule has 0 bridgehead atoms. The molecule has 0 aliphatic heterocycles. The summed E-state index contributed by atoms with van der Waals surface area (Å²) >= 11 is 0. The van der Waals surface area contributed by atoms with E-state index >= 15 is 0 Å². The molecule has 22 heavy (non-hydrogen) atoms. The van der Waals surface area contributed by atoms with Gasteiger partial charge in [0.25, 0.3) is 0 Å². The standard InChI is InChI=1S/C20H37O2/c1-2-3-4-5-6-7-8-9-10-15-18-20(21)22-19-16-13-11-12-14-17-19/h19H,1-18H2. The van der Waals surface area contributed by atoms with Gasteiger partial charge in [-0.25, -0.2) is 0 Å². The maximum absolute atomic E-state index is 11.8. The van der Waals surface area contributed by atoms with Crippen molar-refractivity contribution < 1.29 is 9.53 Å². The van der Waals surface area contributed by atoms with E-state index in [1.54, 1.807) is 0 Å². The summed E-state index contributed by atoms with van der Waals surface area (Å²) in [6, 6.07) is 0. The Kier molecular flexibility index (Phi) is 12.5. The molecule has 1 fully saturated rings. The Morgan fingerprint density at radius 1 is 0.773 bits per heavy atom. The zero-order valence-electron chi connectivity index (χ0n) is 14.6. The molecule has 2 nitrogen and oxygen atoms in total. The fourth-order valence-electron chi connectivity index (χ4n) is 3.29. The van der Waals surface area contributed by atoms with E-state index in [-0.39, 0.29) is 12.1 Å². The highest BCUT2D eigenvalue weighted by Gasteiger charge is 2.16. The normalized spacial score (nSPS) is 16.4. The first-order valence-electron chi connectivity index (χ1n) is 9.81. The third kappa shape index (κ3) is 11.1. The van der Waals surface area contributed by atoms with E-state index in [2.05, 4.69) is 6.92 Å². The van der Waals surface area contributed by atoms with E-state index in [1.165, 1.54) is 77.0 Å². The number of hydrogen-bond donors (Lipinski definition) is 0. The van der Waals surface area contributed by atoms with Gasteiger partial charge in [-0.05, 0) is 32.1 Å². The lowest BCUT2D eigenvalue weighted by Crippen LogP contribution is -2.17. The minimum atomic E-state index is 0.0417. The van der Waals surface area contributed by atoms with Crippen LogP contribution in [0.3, 0.4) is 0 Å². The second kappa shape index (κ2) is 14.1. The minimum absolute atomic E-state index is 0.0417. The summed E-state index contributed by atoms with van der Waals surface area (Å²) in [6.07, 6.45) is 20.6. The minimum Gasteiger partial charge on any atom is -0.462 e. The van der Waals surface area contributed by atoms with Gasteiger partial charge >= 0.3 is 5.97 Å². The van der Waals surface area contributed by atoms with Gasteiger partial charge in [0.05, 0.1) is 0 Å². The number of rotatable bonds is 12. The summed E-state index contributed by atoms with van der Waals surface area (Å²) < 4.78 is 5.61. The Balaban J connectivity index is 1.86. The van der Waals surface area contributed by atoms with Gasteiger partial charge in [0.15, 0.2) is 0 Å². The summed E-state index contributed by atoms with van der Waals surface area (Å²) in [4.78, 5) is 11.8. The molecule has 0 N–H and O–H groups in total. The van der Waals surface area contributed by atoms with Crippen molar-refractivity contribution in [2.24, 2.45) is 0 Å². The molecule has 1 aliphatic carbocycles. The molecule has 0 aromatic heterocycles. The molecule has 2 heteroatoms. The number of unbranched alkanes of at least 4 members (excludes halogenated alkanes) is 9. The number of hydrogen-bond acceptors (Lipinski definition) is 2. The topological polar surface area (TPSA) is 26.3 Å². The van der Waals surface area contributed by atoms with E-state index in [1.807, 2.05) is 0 Å². The van der Waals surface area contributed by atoms with E-state index in [0.29, 0.717) is 6.42 Å². The van der Waals surface area contributed by atoms with Crippen molar-refractivity contribution in [3.05, 3.63) is 6.92 Å². The fourth-order valence-corrected chi connectivity index (χ4v) is 3.29. The molecule has 0 saturated heterocycles. The molecule has 1 rings (SSSR count). The van der Waals surface area contributed by atoms with Crippen LogP contribution in [-0.4, -0.2) is 12.1 Å². The Bertz CT molecular complexity index is 254. The SMILES string of the molecule is [CH2]CCCCCCCCCCCC(=O)OC1CCCCCC1. The molecular formula is C20H37O2. The van der Waals surface area contributed by atoms with Crippen LogP contribution in [0.2, 0.25) is 0 Å². The third-order valence-electron chi connectivity index (χ3n) is 4.73. The molecule has 0 amide bonds. The Morgan fingerprint density at radius 2 is 1.27 bits per heavy atom. The average Bonchev–Trinajstić information content (AvgIpc) is 2.78. The van der Waals surface area contributed by atoms with Gasteiger partial charge in [-0.15, -0.1) is 0 Å². The first-order chi connectivity index (χ1) is 10.8. The summed E-state index contributed by atoms with van der Waals surface area (Å²) in [5, 5.41) is 0. The van der Waals surface area contributed by atoms with Crippen molar-refractivity contribution in [2.45, 2.75) is 115 Å². The number of carbonyl (C=O) groups excluding carboxylic acids is 1. The second-order valence-electron chi connectivity index (χ2n) is 6.89. The second-order valence-corrected chi connectivity index (χ2v) is 6.89. The maximum atomic E-state index is 11.8. The molecule has 1 radical (unpaired) electrons. The highest BCUT2D eigenvalue weighted by molar-refractivity contribution is 5.69. The summed E-state index contributed by atoms with van der Waals surface area (Å²) in [6.45, 7) is 3.87. The van der Waals surface area contributed by atoms with Gasteiger partial charge in [0.2, 0.25) is 0 Å². The zero-order chi connectivity index (χ0) is 15.9. The van der Waals surface area contributed by atoms with E-state index < -0.39 is 0 Å². The Hall–Kier alpha value is -0.530. The Labute approximate surface area is 138 Å². The molecule has 129 valence electrons. The number of esters is 1. The monoisotopic (exact) mass is 309 g/mol. The van der Waals surface area contributed by atoms with E-state index in [0.717, 1.165) is 25.7 Å². The van der Waals surface area contributed by atoms with E-state index in [9.17, 15) is 4.79 Å². The van der Waals surface area contributed by atoms with Gasteiger partial charge in [0.1, 0.15) is 6.10 Å². The summed E-state index contributed by atoms with van der Waals surface area (Å²) in [5.41, 5.74) is 0. The van der Waals surface area contributed by atoms with Crippen LogP contribution < -0.4 is 0 Å². The van der Waals surface area contributed by atoms with Crippen molar-refractivity contribution in [2.75, 3.05) is 0 Å². The molecule has 0 heterocycles.